The highest BCUT2D eigenvalue weighted by Crippen LogP contribution is 2.42. The number of nitrogen functional groups attached to an aromatic ring is 1. The molecule has 0 saturated carbocycles. The van der Waals surface area contributed by atoms with Crippen LogP contribution in [0.1, 0.15) is 24.2 Å². The maximum absolute atomic E-state index is 13.6. The first kappa shape index (κ1) is 28.7. The fraction of sp³-hybridized carbons (Fsp3) is 0.229. The fourth-order valence-corrected chi connectivity index (χ4v) is 6.82. The van der Waals surface area contributed by atoms with Crippen LogP contribution in [0.15, 0.2) is 85.5 Å². The molecule has 7 heterocycles. The van der Waals surface area contributed by atoms with Crippen molar-refractivity contribution in [2.24, 2.45) is 5.41 Å². The molecule has 2 aliphatic rings. The zero-order chi connectivity index (χ0) is 32.0. The molecule has 0 unspecified atom stereocenters. The summed E-state index contributed by atoms with van der Waals surface area (Å²) in [5.41, 5.74) is 12.2. The smallest absolute Gasteiger partial charge is 0.234 e. The maximum Gasteiger partial charge on any atom is 0.234 e. The van der Waals surface area contributed by atoms with E-state index >= 15 is 0 Å². The molecule has 0 amide bonds. The molecule has 0 aliphatic carbocycles. The van der Waals surface area contributed by atoms with Gasteiger partial charge in [-0.05, 0) is 72.4 Å². The largest absolute Gasteiger partial charge is 0.383 e. The Morgan fingerprint density at radius 2 is 1.72 bits per heavy atom. The molecule has 2 fully saturated rings. The number of aromatic nitrogens is 7. The van der Waals surface area contributed by atoms with E-state index in [4.69, 9.17) is 16.0 Å². The van der Waals surface area contributed by atoms with Crippen LogP contribution >= 0.6 is 0 Å². The first-order valence-corrected chi connectivity index (χ1v) is 15.5. The highest BCUT2D eigenvalue weighted by molar-refractivity contribution is 5.85. The van der Waals surface area contributed by atoms with E-state index in [0.717, 1.165) is 68.2 Å². The summed E-state index contributed by atoms with van der Waals surface area (Å²) in [7, 11) is 0. The number of benzene rings is 1. The normalized spacial score (nSPS) is 15.9. The number of nitrogens with two attached hydrogens (primary N) is 1. The molecule has 0 atom stereocenters. The maximum atomic E-state index is 13.6. The quantitative estimate of drug-likeness (QED) is 0.269. The van der Waals surface area contributed by atoms with Gasteiger partial charge >= 0.3 is 0 Å². The van der Waals surface area contributed by atoms with Crippen molar-refractivity contribution in [3.05, 3.63) is 103 Å². The number of anilines is 2. The molecule has 232 valence electrons. The molecule has 0 radical (unpaired) electrons. The Labute approximate surface area is 270 Å². The second kappa shape index (κ2) is 11.5. The van der Waals surface area contributed by atoms with Gasteiger partial charge in [-0.15, -0.1) is 0 Å². The highest BCUT2D eigenvalue weighted by atomic mass is 19.1. The third-order valence-corrected chi connectivity index (χ3v) is 9.22. The molecule has 47 heavy (non-hydrogen) atoms. The second-order valence-electron chi connectivity index (χ2n) is 12.3. The van der Waals surface area contributed by atoms with Crippen molar-refractivity contribution < 1.29 is 4.39 Å². The van der Waals surface area contributed by atoms with Gasteiger partial charge in [-0.3, -0.25) is 14.5 Å². The van der Waals surface area contributed by atoms with Crippen molar-refractivity contribution in [2.45, 2.75) is 19.4 Å². The number of likely N-dealkylation sites (tertiary alicyclic amines) is 1. The minimum atomic E-state index is -0.393. The van der Waals surface area contributed by atoms with E-state index in [1.54, 1.807) is 24.7 Å². The summed E-state index contributed by atoms with van der Waals surface area (Å²) in [6, 6.07) is 21.2. The molecule has 2 saturated heterocycles. The van der Waals surface area contributed by atoms with Crippen LogP contribution < -0.4 is 10.6 Å². The second-order valence-corrected chi connectivity index (χ2v) is 12.3. The molecule has 2 N–H and O–H groups in total. The molecular formula is C35H30FN11. The van der Waals surface area contributed by atoms with Gasteiger partial charge in [-0.1, -0.05) is 12.1 Å². The van der Waals surface area contributed by atoms with Crippen LogP contribution in [-0.2, 0) is 6.54 Å². The molecule has 8 rings (SSSR count). The number of imidazole rings is 1. The van der Waals surface area contributed by atoms with Crippen molar-refractivity contribution >= 4 is 22.8 Å². The number of hydrogen-bond donors (Lipinski definition) is 1. The molecule has 1 aromatic carbocycles. The van der Waals surface area contributed by atoms with Gasteiger partial charge in [0.1, 0.15) is 23.5 Å². The summed E-state index contributed by atoms with van der Waals surface area (Å²) in [6.45, 7) is 4.87. The van der Waals surface area contributed by atoms with E-state index in [2.05, 4.69) is 59.0 Å². The first-order valence-electron chi connectivity index (χ1n) is 15.5. The van der Waals surface area contributed by atoms with Crippen LogP contribution in [0.2, 0.25) is 0 Å². The Morgan fingerprint density at radius 1 is 0.894 bits per heavy atom. The molecule has 0 bridgehead atoms. The third kappa shape index (κ3) is 5.40. The number of nitriles is 1. The van der Waals surface area contributed by atoms with Gasteiger partial charge in [0, 0.05) is 62.6 Å². The molecule has 2 aliphatic heterocycles. The van der Waals surface area contributed by atoms with Gasteiger partial charge in [0.05, 0.1) is 23.0 Å². The first-order chi connectivity index (χ1) is 23.0. The topological polar surface area (TPSA) is 139 Å². The predicted octanol–water partition coefficient (Wildman–Crippen LogP) is 5.03. The average molecular weight is 624 g/mol. The van der Waals surface area contributed by atoms with E-state index in [9.17, 15) is 4.39 Å². The summed E-state index contributed by atoms with van der Waals surface area (Å²) >= 11 is 0. The van der Waals surface area contributed by atoms with Crippen LogP contribution in [0.5, 0.6) is 0 Å². The Kier molecular flexibility index (Phi) is 7.03. The predicted molar refractivity (Wildman–Crippen MR) is 176 cm³/mol. The minimum Gasteiger partial charge on any atom is -0.383 e. The third-order valence-electron chi connectivity index (χ3n) is 9.22. The van der Waals surface area contributed by atoms with Crippen LogP contribution in [0, 0.1) is 22.6 Å². The van der Waals surface area contributed by atoms with Gasteiger partial charge in [-0.2, -0.15) is 5.26 Å². The van der Waals surface area contributed by atoms with Gasteiger partial charge in [0.2, 0.25) is 5.82 Å². The molecule has 1 spiro atoms. The average Bonchev–Trinajstić information content (AvgIpc) is 3.47. The van der Waals surface area contributed by atoms with Gasteiger partial charge in [-0.25, -0.2) is 29.3 Å². The van der Waals surface area contributed by atoms with Crippen molar-refractivity contribution in [3.63, 3.8) is 0 Å². The van der Waals surface area contributed by atoms with Crippen molar-refractivity contribution in [3.8, 4) is 34.4 Å². The van der Waals surface area contributed by atoms with Crippen LogP contribution in [0.4, 0.5) is 16.0 Å². The number of rotatable bonds is 6. The lowest BCUT2D eigenvalue weighted by molar-refractivity contribution is -0.0240. The Hall–Kier alpha value is -5.80. The molecule has 5 aromatic heterocycles. The molecule has 12 heteroatoms. The summed E-state index contributed by atoms with van der Waals surface area (Å²) in [4.78, 5) is 31.2. The number of hydrogen-bond acceptors (Lipinski definition) is 10. The summed E-state index contributed by atoms with van der Waals surface area (Å²) < 4.78 is 15.6. The standard InChI is InChI=1S/C35H30FN11/c36-25-5-8-28(41-19-25)24-16-29-33(42-18-24)44-34(27-2-1-12-40-32(27)38)47(29)26-6-3-23(4-7-26)20-45-21-35(22-45)10-14-46(15-11-35)31-9-13-39-30(17-37)43-31/h1-9,12-13,16,18-19H,10-11,14-15,20-22H2,(H2,38,40). The molecule has 11 nitrogen and oxygen atoms in total. The minimum absolute atomic E-state index is 0.214. The SMILES string of the molecule is N#Cc1nccc(N2CCC3(CC2)CN(Cc2ccc(-n4c(-c5cccnc5N)nc5ncc(-c6ccc(F)cn6)cc54)cc2)C3)n1. The monoisotopic (exact) mass is 623 g/mol. The molecular weight excluding hydrogens is 593 g/mol. The van der Waals surface area contributed by atoms with Gasteiger partial charge in [0.15, 0.2) is 11.5 Å². The van der Waals surface area contributed by atoms with Crippen molar-refractivity contribution in [1.29, 1.82) is 5.26 Å². The Balaban J connectivity index is 1.02. The lowest BCUT2D eigenvalue weighted by atomic mass is 9.72. The van der Waals surface area contributed by atoms with Crippen LogP contribution in [0.3, 0.4) is 0 Å². The number of nitrogens with zero attached hydrogens (tertiary/aromatic N) is 10. The van der Waals surface area contributed by atoms with E-state index in [1.165, 1.54) is 17.8 Å². The van der Waals surface area contributed by atoms with Gasteiger partial charge in [0.25, 0.3) is 0 Å². The number of piperidine rings is 1. The van der Waals surface area contributed by atoms with E-state index < -0.39 is 5.82 Å². The highest BCUT2D eigenvalue weighted by Gasteiger charge is 2.44. The van der Waals surface area contributed by atoms with Crippen molar-refractivity contribution in [2.75, 3.05) is 36.8 Å². The van der Waals surface area contributed by atoms with Crippen LogP contribution in [0.25, 0.3) is 39.5 Å². The molecule has 6 aromatic rings. The lowest BCUT2D eigenvalue weighted by Crippen LogP contribution is -2.59. The Bertz CT molecular complexity index is 2120. The fourth-order valence-electron chi connectivity index (χ4n) is 6.82. The zero-order valence-electron chi connectivity index (χ0n) is 25.5. The summed E-state index contributed by atoms with van der Waals surface area (Å²) in [5, 5.41) is 9.15. The van der Waals surface area contributed by atoms with Gasteiger partial charge < -0.3 is 10.6 Å². The summed E-state index contributed by atoms with van der Waals surface area (Å²) in [5.74, 6) is 1.67. The zero-order valence-corrected chi connectivity index (χ0v) is 25.5. The van der Waals surface area contributed by atoms with E-state index in [0.29, 0.717) is 34.0 Å². The Morgan fingerprint density at radius 3 is 2.47 bits per heavy atom. The number of halogens is 1. The van der Waals surface area contributed by atoms with E-state index in [1.807, 2.05) is 34.9 Å². The van der Waals surface area contributed by atoms with Crippen molar-refractivity contribution in [1.82, 2.24) is 39.4 Å². The van der Waals surface area contributed by atoms with Crippen LogP contribution in [-0.4, -0.2) is 65.5 Å². The lowest BCUT2D eigenvalue weighted by Gasteiger charge is -2.54. The van der Waals surface area contributed by atoms with E-state index in [-0.39, 0.29) is 5.82 Å². The number of pyridine rings is 3. The summed E-state index contributed by atoms with van der Waals surface area (Å²) in [6.07, 6.45) is 8.42. The number of fused-ring (bicyclic) bond motifs is 1.